The number of aliphatic hydroxyl groups excluding tert-OH is 1. The summed E-state index contributed by atoms with van der Waals surface area (Å²) in [5, 5.41) is 11.9. The van der Waals surface area contributed by atoms with Crippen molar-refractivity contribution in [3.05, 3.63) is 64.1 Å². The third-order valence-corrected chi connectivity index (χ3v) is 3.48. The molecule has 2 rings (SSSR count). The molecule has 4 heteroatoms. The van der Waals surface area contributed by atoms with Gasteiger partial charge in [0.15, 0.2) is 0 Å². The van der Waals surface area contributed by atoms with Crippen LogP contribution in [0.4, 0.5) is 5.69 Å². The number of rotatable bonds is 4. The lowest BCUT2D eigenvalue weighted by Gasteiger charge is -2.07. The summed E-state index contributed by atoms with van der Waals surface area (Å²) >= 11 is 3.42. The Labute approximate surface area is 120 Å². The zero-order valence-corrected chi connectivity index (χ0v) is 11.9. The number of halogens is 1. The van der Waals surface area contributed by atoms with E-state index in [1.807, 2.05) is 30.3 Å². The summed E-state index contributed by atoms with van der Waals surface area (Å²) in [6, 6.07) is 14.8. The first-order chi connectivity index (χ1) is 9.19. The third-order valence-electron chi connectivity index (χ3n) is 2.70. The molecule has 0 fully saturated rings. The predicted octanol–water partition coefficient (Wildman–Crippen LogP) is 3.12. The van der Waals surface area contributed by atoms with Crippen LogP contribution in [-0.4, -0.2) is 11.0 Å². The van der Waals surface area contributed by atoms with Crippen molar-refractivity contribution >= 4 is 27.5 Å². The van der Waals surface area contributed by atoms with Crippen LogP contribution in [-0.2, 0) is 17.8 Å². The molecule has 0 aromatic heterocycles. The fraction of sp³-hybridized carbons (Fsp3) is 0.133. The number of amides is 1. The van der Waals surface area contributed by atoms with Gasteiger partial charge in [-0.2, -0.15) is 0 Å². The van der Waals surface area contributed by atoms with Gasteiger partial charge in [0.1, 0.15) is 0 Å². The van der Waals surface area contributed by atoms with E-state index < -0.39 is 0 Å². The first-order valence-electron chi connectivity index (χ1n) is 5.92. The van der Waals surface area contributed by atoms with Gasteiger partial charge in [-0.25, -0.2) is 0 Å². The van der Waals surface area contributed by atoms with E-state index in [-0.39, 0.29) is 12.5 Å². The maximum absolute atomic E-state index is 11.9. The lowest BCUT2D eigenvalue weighted by Crippen LogP contribution is -2.14. The highest BCUT2D eigenvalue weighted by Gasteiger charge is 2.06. The molecule has 0 bridgehead atoms. The van der Waals surface area contributed by atoms with E-state index in [9.17, 15) is 4.79 Å². The average molecular weight is 320 g/mol. The van der Waals surface area contributed by atoms with Crippen molar-refractivity contribution in [3.8, 4) is 0 Å². The number of anilines is 1. The molecular formula is C15H14BrNO2. The molecule has 0 saturated carbocycles. The maximum Gasteiger partial charge on any atom is 0.228 e. The summed E-state index contributed by atoms with van der Waals surface area (Å²) in [6.45, 7) is -0.0338. The van der Waals surface area contributed by atoms with Crippen molar-refractivity contribution in [3.63, 3.8) is 0 Å². The van der Waals surface area contributed by atoms with Gasteiger partial charge in [-0.05, 0) is 29.3 Å². The SMILES string of the molecule is O=C(Cc1ccccc1Br)Nc1cccc(CO)c1. The number of hydrogen-bond acceptors (Lipinski definition) is 2. The number of nitrogens with one attached hydrogen (secondary N) is 1. The van der Waals surface area contributed by atoms with E-state index in [0.29, 0.717) is 12.1 Å². The van der Waals surface area contributed by atoms with Gasteiger partial charge in [0.2, 0.25) is 5.91 Å². The first kappa shape index (κ1) is 13.8. The molecule has 3 nitrogen and oxygen atoms in total. The lowest BCUT2D eigenvalue weighted by atomic mass is 10.1. The molecule has 0 radical (unpaired) electrons. The van der Waals surface area contributed by atoms with Gasteiger partial charge in [0.25, 0.3) is 0 Å². The first-order valence-corrected chi connectivity index (χ1v) is 6.71. The van der Waals surface area contributed by atoms with Crippen molar-refractivity contribution in [2.24, 2.45) is 0 Å². The Kier molecular flexibility index (Phi) is 4.71. The van der Waals surface area contributed by atoms with Crippen molar-refractivity contribution in [1.82, 2.24) is 0 Å². The normalized spacial score (nSPS) is 10.2. The van der Waals surface area contributed by atoms with Crippen LogP contribution in [0.1, 0.15) is 11.1 Å². The Morgan fingerprint density at radius 2 is 1.95 bits per heavy atom. The summed E-state index contributed by atoms with van der Waals surface area (Å²) in [4.78, 5) is 11.9. The maximum atomic E-state index is 11.9. The van der Waals surface area contributed by atoms with Crippen molar-refractivity contribution in [1.29, 1.82) is 0 Å². The largest absolute Gasteiger partial charge is 0.392 e. The molecule has 2 aromatic rings. The molecule has 2 N–H and O–H groups in total. The van der Waals surface area contributed by atoms with Crippen LogP contribution in [0.3, 0.4) is 0 Å². The second kappa shape index (κ2) is 6.50. The van der Waals surface area contributed by atoms with Gasteiger partial charge in [-0.3, -0.25) is 4.79 Å². The number of aliphatic hydroxyl groups is 1. The standard InChI is InChI=1S/C15H14BrNO2/c16-14-7-2-1-5-12(14)9-15(19)17-13-6-3-4-11(8-13)10-18/h1-8,18H,9-10H2,(H,17,19). The topological polar surface area (TPSA) is 49.3 Å². The molecule has 0 aliphatic rings. The Hall–Kier alpha value is -1.65. The highest BCUT2D eigenvalue weighted by molar-refractivity contribution is 9.10. The molecule has 0 atom stereocenters. The van der Waals surface area contributed by atoms with E-state index >= 15 is 0 Å². The summed E-state index contributed by atoms with van der Waals surface area (Å²) in [5.74, 6) is -0.0815. The van der Waals surface area contributed by atoms with Crippen LogP contribution in [0.5, 0.6) is 0 Å². The van der Waals surface area contributed by atoms with E-state index in [1.54, 1.807) is 18.2 Å². The zero-order chi connectivity index (χ0) is 13.7. The van der Waals surface area contributed by atoms with Crippen LogP contribution in [0.2, 0.25) is 0 Å². The third kappa shape index (κ3) is 3.91. The number of carbonyl (C=O) groups excluding carboxylic acids is 1. The van der Waals surface area contributed by atoms with Crippen LogP contribution < -0.4 is 5.32 Å². The van der Waals surface area contributed by atoms with E-state index in [2.05, 4.69) is 21.2 Å². The van der Waals surface area contributed by atoms with Crippen LogP contribution in [0.15, 0.2) is 53.0 Å². The average Bonchev–Trinajstić information content (AvgIpc) is 2.41. The van der Waals surface area contributed by atoms with Gasteiger partial charge in [-0.15, -0.1) is 0 Å². The Balaban J connectivity index is 2.03. The second-order valence-corrected chi connectivity index (χ2v) is 5.03. The molecule has 1 amide bonds. The minimum Gasteiger partial charge on any atom is -0.392 e. The number of hydrogen-bond donors (Lipinski definition) is 2. The molecule has 0 spiro atoms. The summed E-state index contributed by atoms with van der Waals surface area (Å²) < 4.78 is 0.925. The lowest BCUT2D eigenvalue weighted by molar-refractivity contribution is -0.115. The highest BCUT2D eigenvalue weighted by Crippen LogP contribution is 2.17. The van der Waals surface area contributed by atoms with Crippen LogP contribution in [0, 0.1) is 0 Å². The van der Waals surface area contributed by atoms with Gasteiger partial charge in [0.05, 0.1) is 13.0 Å². The minimum atomic E-state index is -0.0815. The molecule has 0 saturated heterocycles. The molecule has 0 unspecified atom stereocenters. The number of benzene rings is 2. The Morgan fingerprint density at radius 1 is 1.16 bits per heavy atom. The molecule has 19 heavy (non-hydrogen) atoms. The van der Waals surface area contributed by atoms with Crippen LogP contribution in [0.25, 0.3) is 0 Å². The molecule has 0 aliphatic heterocycles. The highest BCUT2D eigenvalue weighted by atomic mass is 79.9. The van der Waals surface area contributed by atoms with Gasteiger partial charge >= 0.3 is 0 Å². The van der Waals surface area contributed by atoms with E-state index in [0.717, 1.165) is 15.6 Å². The summed E-state index contributed by atoms with van der Waals surface area (Å²) in [6.07, 6.45) is 0.310. The minimum absolute atomic E-state index is 0.0338. The van der Waals surface area contributed by atoms with Gasteiger partial charge in [-0.1, -0.05) is 46.3 Å². The fourth-order valence-electron chi connectivity index (χ4n) is 1.77. The van der Waals surface area contributed by atoms with E-state index in [4.69, 9.17) is 5.11 Å². The second-order valence-electron chi connectivity index (χ2n) is 4.17. The Bertz CT molecular complexity index is 584. The molecule has 0 heterocycles. The Morgan fingerprint density at radius 3 is 2.68 bits per heavy atom. The fourth-order valence-corrected chi connectivity index (χ4v) is 2.19. The summed E-state index contributed by atoms with van der Waals surface area (Å²) in [5.41, 5.74) is 2.42. The smallest absolute Gasteiger partial charge is 0.228 e. The van der Waals surface area contributed by atoms with Crippen molar-refractivity contribution in [2.75, 3.05) is 5.32 Å². The summed E-state index contributed by atoms with van der Waals surface area (Å²) in [7, 11) is 0. The molecular weight excluding hydrogens is 306 g/mol. The molecule has 2 aromatic carbocycles. The van der Waals surface area contributed by atoms with Gasteiger partial charge < -0.3 is 10.4 Å². The quantitative estimate of drug-likeness (QED) is 0.909. The monoisotopic (exact) mass is 319 g/mol. The van der Waals surface area contributed by atoms with Crippen LogP contribution >= 0.6 is 15.9 Å². The zero-order valence-electron chi connectivity index (χ0n) is 10.3. The van der Waals surface area contributed by atoms with Crippen molar-refractivity contribution < 1.29 is 9.90 Å². The number of carbonyl (C=O) groups is 1. The molecule has 98 valence electrons. The van der Waals surface area contributed by atoms with Gasteiger partial charge in [0, 0.05) is 10.2 Å². The molecule has 0 aliphatic carbocycles. The predicted molar refractivity (Wildman–Crippen MR) is 78.8 cm³/mol. The van der Waals surface area contributed by atoms with Crippen molar-refractivity contribution in [2.45, 2.75) is 13.0 Å². The van der Waals surface area contributed by atoms with E-state index in [1.165, 1.54) is 0 Å².